The number of carbonyl (C=O) groups is 1. The second-order valence-electron chi connectivity index (χ2n) is 4.08. The molecule has 0 amide bonds. The molecule has 1 aromatic carbocycles. The van der Waals surface area contributed by atoms with Gasteiger partial charge in [-0.05, 0) is 25.1 Å². The van der Waals surface area contributed by atoms with Gasteiger partial charge in [0.05, 0.1) is 17.8 Å². The molecule has 0 aliphatic heterocycles. The molecule has 1 aromatic heterocycles. The Morgan fingerprint density at radius 1 is 1.37 bits per heavy atom. The second kappa shape index (κ2) is 5.01. The summed E-state index contributed by atoms with van der Waals surface area (Å²) in [5.74, 6) is -1.87. The number of hydrogen-bond donors (Lipinski definition) is 1. The first kappa shape index (κ1) is 12.9. The van der Waals surface area contributed by atoms with Gasteiger partial charge in [-0.15, -0.1) is 0 Å². The van der Waals surface area contributed by atoms with Crippen LogP contribution in [0.5, 0.6) is 0 Å². The van der Waals surface area contributed by atoms with Gasteiger partial charge in [-0.3, -0.25) is 4.79 Å². The third kappa shape index (κ3) is 2.85. The molecule has 0 spiro atoms. The van der Waals surface area contributed by atoms with Crippen LogP contribution in [0.2, 0.25) is 0 Å². The van der Waals surface area contributed by atoms with Crippen LogP contribution in [0.1, 0.15) is 21.6 Å². The molecule has 98 valence electrons. The summed E-state index contributed by atoms with van der Waals surface area (Å²) >= 11 is 0. The largest absolute Gasteiger partial charge is 0.478 e. The molecule has 0 bridgehead atoms. The summed E-state index contributed by atoms with van der Waals surface area (Å²) in [5.41, 5.74) is 0.380. The lowest BCUT2D eigenvalue weighted by Gasteiger charge is -2.07. The van der Waals surface area contributed by atoms with Gasteiger partial charge in [0, 0.05) is 11.6 Å². The van der Waals surface area contributed by atoms with Crippen LogP contribution in [-0.4, -0.2) is 20.9 Å². The lowest BCUT2D eigenvalue weighted by atomic mass is 10.1. The Morgan fingerprint density at radius 2 is 2.11 bits per heavy atom. The van der Waals surface area contributed by atoms with Crippen molar-refractivity contribution in [3.8, 4) is 0 Å². The van der Waals surface area contributed by atoms with Gasteiger partial charge in [-0.25, -0.2) is 13.9 Å². The van der Waals surface area contributed by atoms with Crippen molar-refractivity contribution in [2.45, 2.75) is 13.5 Å². The highest BCUT2D eigenvalue weighted by Gasteiger charge is 2.09. The minimum absolute atomic E-state index is 0.0355. The van der Waals surface area contributed by atoms with E-state index in [0.29, 0.717) is 5.69 Å². The zero-order chi connectivity index (χ0) is 14.0. The van der Waals surface area contributed by atoms with Crippen molar-refractivity contribution in [2.24, 2.45) is 0 Å². The van der Waals surface area contributed by atoms with E-state index in [4.69, 9.17) is 5.11 Å². The van der Waals surface area contributed by atoms with Crippen molar-refractivity contribution in [2.75, 3.05) is 0 Å². The minimum atomic E-state index is -1.20. The van der Waals surface area contributed by atoms with E-state index in [1.807, 2.05) is 0 Å². The fourth-order valence-electron chi connectivity index (χ4n) is 1.63. The van der Waals surface area contributed by atoms with Crippen molar-refractivity contribution in [3.63, 3.8) is 0 Å². The molecule has 2 rings (SSSR count). The van der Waals surface area contributed by atoms with Gasteiger partial charge in [0.25, 0.3) is 5.56 Å². The monoisotopic (exact) mass is 262 g/mol. The third-order valence-electron chi connectivity index (χ3n) is 2.62. The van der Waals surface area contributed by atoms with Crippen molar-refractivity contribution in [3.05, 3.63) is 63.3 Å². The molecule has 0 fully saturated rings. The van der Waals surface area contributed by atoms with Crippen LogP contribution in [-0.2, 0) is 6.54 Å². The summed E-state index contributed by atoms with van der Waals surface area (Å²) in [7, 11) is 0. The minimum Gasteiger partial charge on any atom is -0.478 e. The van der Waals surface area contributed by atoms with Crippen LogP contribution >= 0.6 is 0 Å². The third-order valence-corrected chi connectivity index (χ3v) is 2.62. The summed E-state index contributed by atoms with van der Waals surface area (Å²) in [4.78, 5) is 22.2. The average Bonchev–Trinajstić information content (AvgIpc) is 2.36. The second-order valence-corrected chi connectivity index (χ2v) is 4.08. The number of hydrogen-bond acceptors (Lipinski definition) is 3. The number of aryl methyl sites for hydroxylation is 1. The van der Waals surface area contributed by atoms with E-state index in [2.05, 4.69) is 5.10 Å². The normalized spacial score (nSPS) is 10.4. The number of halogens is 1. The first-order valence-electron chi connectivity index (χ1n) is 5.54. The van der Waals surface area contributed by atoms with Crippen molar-refractivity contribution >= 4 is 5.97 Å². The van der Waals surface area contributed by atoms with Crippen molar-refractivity contribution < 1.29 is 14.3 Å². The standard InChI is InChI=1S/C13H11FN2O3/c1-8-2-5-12(17)16(15-8)7-10-4-3-9(13(18)19)6-11(10)14/h2-6H,7H2,1H3,(H,18,19). The number of aromatic carboxylic acids is 1. The average molecular weight is 262 g/mol. The fourth-order valence-corrected chi connectivity index (χ4v) is 1.63. The smallest absolute Gasteiger partial charge is 0.335 e. The molecule has 1 heterocycles. The summed E-state index contributed by atoms with van der Waals surface area (Å²) in [6, 6.07) is 6.49. The molecule has 0 saturated carbocycles. The Morgan fingerprint density at radius 3 is 2.74 bits per heavy atom. The number of nitrogens with zero attached hydrogens (tertiary/aromatic N) is 2. The topological polar surface area (TPSA) is 72.2 Å². The van der Waals surface area contributed by atoms with Gasteiger partial charge >= 0.3 is 5.97 Å². The first-order valence-corrected chi connectivity index (χ1v) is 5.54. The summed E-state index contributed by atoms with van der Waals surface area (Å²) in [6.45, 7) is 1.69. The van der Waals surface area contributed by atoms with Crippen LogP contribution in [0.15, 0.2) is 35.1 Å². The molecule has 0 unspecified atom stereocenters. The Balaban J connectivity index is 2.36. The quantitative estimate of drug-likeness (QED) is 0.908. The van der Waals surface area contributed by atoms with Gasteiger partial charge in [0.1, 0.15) is 5.82 Å². The van der Waals surface area contributed by atoms with Crippen molar-refractivity contribution in [1.29, 1.82) is 0 Å². The highest BCUT2D eigenvalue weighted by atomic mass is 19.1. The van der Waals surface area contributed by atoms with E-state index in [-0.39, 0.29) is 23.2 Å². The molecule has 2 aromatic rings. The van der Waals surface area contributed by atoms with E-state index in [1.165, 1.54) is 18.2 Å². The Bertz CT molecular complexity index is 695. The molecule has 0 aliphatic rings. The number of carboxylic acids is 1. The molecule has 1 N–H and O–H groups in total. The highest BCUT2D eigenvalue weighted by molar-refractivity contribution is 5.87. The van der Waals surface area contributed by atoms with E-state index < -0.39 is 11.8 Å². The zero-order valence-corrected chi connectivity index (χ0v) is 10.1. The van der Waals surface area contributed by atoms with E-state index in [9.17, 15) is 14.0 Å². The molecule has 0 radical (unpaired) electrons. The van der Waals surface area contributed by atoms with Gasteiger partial charge in [0.2, 0.25) is 0 Å². The lowest BCUT2D eigenvalue weighted by molar-refractivity contribution is 0.0696. The molecular weight excluding hydrogens is 251 g/mol. The number of benzene rings is 1. The van der Waals surface area contributed by atoms with Gasteiger partial charge in [-0.2, -0.15) is 5.10 Å². The summed E-state index contributed by atoms with van der Waals surface area (Å²) < 4.78 is 14.9. The summed E-state index contributed by atoms with van der Waals surface area (Å²) in [5, 5.41) is 12.7. The van der Waals surface area contributed by atoms with Crippen LogP contribution in [0.3, 0.4) is 0 Å². The molecular formula is C13H11FN2O3. The maximum atomic E-state index is 13.7. The first-order chi connectivity index (χ1) is 8.97. The predicted octanol–water partition coefficient (Wildman–Crippen LogP) is 1.44. The Kier molecular flexibility index (Phi) is 3.41. The van der Waals surface area contributed by atoms with Crippen molar-refractivity contribution in [1.82, 2.24) is 9.78 Å². The van der Waals surface area contributed by atoms with Crippen LogP contribution in [0, 0.1) is 12.7 Å². The SMILES string of the molecule is Cc1ccc(=O)n(Cc2ccc(C(=O)O)cc2F)n1. The lowest BCUT2D eigenvalue weighted by Crippen LogP contribution is -2.23. The van der Waals surface area contributed by atoms with E-state index in [0.717, 1.165) is 10.7 Å². The van der Waals surface area contributed by atoms with Gasteiger partial charge < -0.3 is 5.11 Å². The Labute approximate surface area is 107 Å². The summed E-state index contributed by atoms with van der Waals surface area (Å²) in [6.07, 6.45) is 0. The molecule has 0 atom stereocenters. The van der Waals surface area contributed by atoms with Crippen LogP contribution in [0.4, 0.5) is 4.39 Å². The maximum absolute atomic E-state index is 13.7. The zero-order valence-electron chi connectivity index (χ0n) is 10.1. The highest BCUT2D eigenvalue weighted by Crippen LogP contribution is 2.11. The number of aromatic nitrogens is 2. The van der Waals surface area contributed by atoms with Gasteiger partial charge in [-0.1, -0.05) is 6.07 Å². The van der Waals surface area contributed by atoms with Crippen LogP contribution < -0.4 is 5.56 Å². The number of carboxylic acid groups (broad SMARTS) is 1. The van der Waals surface area contributed by atoms with Crippen LogP contribution in [0.25, 0.3) is 0 Å². The van der Waals surface area contributed by atoms with E-state index >= 15 is 0 Å². The maximum Gasteiger partial charge on any atom is 0.335 e. The molecule has 0 saturated heterocycles. The fraction of sp³-hybridized carbons (Fsp3) is 0.154. The van der Waals surface area contributed by atoms with E-state index in [1.54, 1.807) is 13.0 Å². The van der Waals surface area contributed by atoms with Gasteiger partial charge in [0.15, 0.2) is 0 Å². The number of rotatable bonds is 3. The molecule has 19 heavy (non-hydrogen) atoms. The Hall–Kier alpha value is -2.50. The molecule has 0 aliphatic carbocycles. The predicted molar refractivity (Wildman–Crippen MR) is 65.7 cm³/mol. The molecule has 5 nitrogen and oxygen atoms in total. The molecule has 6 heteroatoms.